The monoisotopic (exact) mass is 241 g/mol. The van der Waals surface area contributed by atoms with Gasteiger partial charge in [-0.25, -0.2) is 9.18 Å². The molecule has 7 heteroatoms. The zero-order chi connectivity index (χ0) is 12.8. The minimum Gasteiger partial charge on any atom is -0.483 e. The van der Waals surface area contributed by atoms with Crippen LogP contribution in [0.2, 0.25) is 0 Å². The van der Waals surface area contributed by atoms with Gasteiger partial charge in [0.1, 0.15) is 12.4 Å². The van der Waals surface area contributed by atoms with Gasteiger partial charge in [-0.05, 0) is 18.2 Å². The van der Waals surface area contributed by atoms with Crippen LogP contribution in [0.5, 0.6) is 5.75 Å². The van der Waals surface area contributed by atoms with Crippen LogP contribution < -0.4 is 4.74 Å². The lowest BCUT2D eigenvalue weighted by molar-refractivity contribution is -0.386. The molecule has 1 aromatic rings. The number of carboxylic acid groups (broad SMARTS) is 1. The van der Waals surface area contributed by atoms with Gasteiger partial charge in [0.2, 0.25) is 0 Å². The Morgan fingerprint density at radius 1 is 1.59 bits per heavy atom. The summed E-state index contributed by atoms with van der Waals surface area (Å²) in [6.07, 6.45) is 2.02. The van der Waals surface area contributed by atoms with E-state index in [1.165, 1.54) is 6.08 Å². The van der Waals surface area contributed by atoms with Crippen molar-refractivity contribution in [2.24, 2.45) is 0 Å². The van der Waals surface area contributed by atoms with E-state index in [-0.39, 0.29) is 12.4 Å². The minimum atomic E-state index is -1.15. The Bertz CT molecular complexity index is 472. The molecule has 1 aromatic carbocycles. The van der Waals surface area contributed by atoms with Crippen LogP contribution in [0.4, 0.5) is 10.1 Å². The van der Waals surface area contributed by atoms with Crippen LogP contribution in [-0.2, 0) is 4.79 Å². The number of carboxylic acids is 1. The van der Waals surface area contributed by atoms with Crippen molar-refractivity contribution in [2.75, 3.05) is 6.61 Å². The Morgan fingerprint density at radius 3 is 2.88 bits per heavy atom. The van der Waals surface area contributed by atoms with E-state index < -0.39 is 22.4 Å². The van der Waals surface area contributed by atoms with E-state index in [4.69, 9.17) is 9.84 Å². The van der Waals surface area contributed by atoms with Crippen LogP contribution in [0.15, 0.2) is 30.4 Å². The molecule has 0 aliphatic carbocycles. The number of nitrogens with zero attached hydrogens (tertiary/aromatic N) is 1. The summed E-state index contributed by atoms with van der Waals surface area (Å²) in [6, 6.07) is 2.86. The fourth-order valence-corrected chi connectivity index (χ4v) is 1.04. The van der Waals surface area contributed by atoms with Crippen molar-refractivity contribution in [3.8, 4) is 5.75 Å². The number of halogens is 1. The Balaban J connectivity index is 2.77. The topological polar surface area (TPSA) is 89.7 Å². The highest BCUT2D eigenvalue weighted by Gasteiger charge is 2.15. The first-order valence-electron chi connectivity index (χ1n) is 4.47. The fourth-order valence-electron chi connectivity index (χ4n) is 1.04. The van der Waals surface area contributed by atoms with E-state index in [9.17, 15) is 19.3 Å². The maximum absolute atomic E-state index is 12.7. The summed E-state index contributed by atoms with van der Waals surface area (Å²) < 4.78 is 17.7. The quantitative estimate of drug-likeness (QED) is 0.482. The van der Waals surface area contributed by atoms with Gasteiger partial charge in [0.05, 0.1) is 11.0 Å². The number of hydrogen-bond donors (Lipinski definition) is 1. The second-order valence-corrected chi connectivity index (χ2v) is 2.92. The Morgan fingerprint density at radius 2 is 2.29 bits per heavy atom. The summed E-state index contributed by atoms with van der Waals surface area (Å²) >= 11 is 0. The molecule has 90 valence electrons. The van der Waals surface area contributed by atoms with Crippen LogP contribution in [0, 0.1) is 15.9 Å². The summed E-state index contributed by atoms with van der Waals surface area (Å²) in [5, 5.41) is 18.9. The number of ether oxygens (including phenoxy) is 1. The van der Waals surface area contributed by atoms with Crippen LogP contribution in [0.25, 0.3) is 0 Å². The zero-order valence-electron chi connectivity index (χ0n) is 8.50. The lowest BCUT2D eigenvalue weighted by atomic mass is 10.3. The summed E-state index contributed by atoms with van der Waals surface area (Å²) in [7, 11) is 0. The van der Waals surface area contributed by atoms with Crippen molar-refractivity contribution >= 4 is 11.7 Å². The molecule has 0 atom stereocenters. The number of rotatable bonds is 5. The number of nitro groups is 1. The summed E-state index contributed by atoms with van der Waals surface area (Å²) in [4.78, 5) is 19.9. The Hall–Kier alpha value is -2.44. The van der Waals surface area contributed by atoms with E-state index in [2.05, 4.69) is 0 Å². The van der Waals surface area contributed by atoms with Gasteiger partial charge in [-0.2, -0.15) is 0 Å². The number of nitro benzene ring substituents is 1. The molecule has 0 aliphatic rings. The zero-order valence-corrected chi connectivity index (χ0v) is 8.50. The van der Waals surface area contributed by atoms with Gasteiger partial charge < -0.3 is 9.84 Å². The molecule has 17 heavy (non-hydrogen) atoms. The first-order valence-corrected chi connectivity index (χ1v) is 4.47. The van der Waals surface area contributed by atoms with Crippen molar-refractivity contribution in [3.05, 3.63) is 46.3 Å². The van der Waals surface area contributed by atoms with E-state index in [1.54, 1.807) is 0 Å². The fraction of sp³-hybridized carbons (Fsp3) is 0.100. The van der Waals surface area contributed by atoms with Gasteiger partial charge in [-0.3, -0.25) is 10.1 Å². The predicted octanol–water partition coefficient (Wildman–Crippen LogP) is 1.75. The molecule has 0 aromatic heterocycles. The molecular weight excluding hydrogens is 233 g/mol. The number of benzene rings is 1. The smallest absolute Gasteiger partial charge is 0.328 e. The van der Waals surface area contributed by atoms with Crippen LogP contribution in [-0.4, -0.2) is 22.6 Å². The lowest BCUT2D eigenvalue weighted by Gasteiger charge is -2.03. The van der Waals surface area contributed by atoms with Gasteiger partial charge in [0.15, 0.2) is 5.75 Å². The van der Waals surface area contributed by atoms with E-state index in [0.29, 0.717) is 0 Å². The predicted molar refractivity (Wildman–Crippen MR) is 55.3 cm³/mol. The second kappa shape index (κ2) is 5.59. The minimum absolute atomic E-state index is 0.119. The third kappa shape index (κ3) is 3.90. The maximum atomic E-state index is 12.7. The summed E-state index contributed by atoms with van der Waals surface area (Å²) in [6.45, 7) is -0.154. The molecule has 6 nitrogen and oxygen atoms in total. The van der Waals surface area contributed by atoms with Gasteiger partial charge in [0.25, 0.3) is 0 Å². The molecule has 0 heterocycles. The van der Waals surface area contributed by atoms with Crippen molar-refractivity contribution in [2.45, 2.75) is 0 Å². The van der Waals surface area contributed by atoms with Gasteiger partial charge in [0, 0.05) is 6.08 Å². The van der Waals surface area contributed by atoms with E-state index >= 15 is 0 Å². The third-order valence-electron chi connectivity index (χ3n) is 1.71. The largest absolute Gasteiger partial charge is 0.483 e. The van der Waals surface area contributed by atoms with Gasteiger partial charge in [-0.15, -0.1) is 0 Å². The normalized spacial score (nSPS) is 10.4. The van der Waals surface area contributed by atoms with Crippen LogP contribution in [0.1, 0.15) is 0 Å². The van der Waals surface area contributed by atoms with E-state index in [1.807, 2.05) is 0 Å². The highest BCUT2D eigenvalue weighted by atomic mass is 19.1. The van der Waals surface area contributed by atoms with Gasteiger partial charge >= 0.3 is 11.7 Å². The van der Waals surface area contributed by atoms with Crippen molar-refractivity contribution in [3.63, 3.8) is 0 Å². The molecule has 0 spiro atoms. The average Bonchev–Trinajstić information content (AvgIpc) is 2.25. The number of hydrogen-bond acceptors (Lipinski definition) is 4. The molecular formula is C10H8FNO5. The molecule has 0 amide bonds. The molecule has 0 fully saturated rings. The lowest BCUT2D eigenvalue weighted by Crippen LogP contribution is -1.99. The molecule has 0 radical (unpaired) electrons. The molecule has 0 saturated heterocycles. The van der Waals surface area contributed by atoms with Crippen molar-refractivity contribution in [1.82, 2.24) is 0 Å². The summed E-state index contributed by atoms with van der Waals surface area (Å²) in [5.74, 6) is -2.02. The van der Waals surface area contributed by atoms with Crippen molar-refractivity contribution < 1.29 is 24.0 Å². The molecule has 0 saturated carbocycles. The highest BCUT2D eigenvalue weighted by Crippen LogP contribution is 2.27. The van der Waals surface area contributed by atoms with E-state index in [0.717, 1.165) is 24.3 Å². The first-order chi connectivity index (χ1) is 8.00. The first kappa shape index (κ1) is 12.6. The summed E-state index contributed by atoms with van der Waals surface area (Å²) in [5.41, 5.74) is -0.506. The van der Waals surface area contributed by atoms with Crippen LogP contribution in [0.3, 0.4) is 0 Å². The molecule has 0 unspecified atom stereocenters. The maximum Gasteiger partial charge on any atom is 0.328 e. The average molecular weight is 241 g/mol. The van der Waals surface area contributed by atoms with Crippen LogP contribution >= 0.6 is 0 Å². The SMILES string of the molecule is O=C(O)/C=C/COc1ccc(F)cc1[N+](=O)[O-]. The number of carbonyl (C=O) groups is 1. The Labute approximate surface area is 95.1 Å². The number of aliphatic carboxylic acids is 1. The third-order valence-corrected chi connectivity index (χ3v) is 1.71. The standard InChI is InChI=1S/C10H8FNO5/c11-7-3-4-9(8(6-7)12(15)16)17-5-1-2-10(13)14/h1-4,6H,5H2,(H,13,14)/b2-1+. The molecule has 1 rings (SSSR count). The highest BCUT2D eigenvalue weighted by molar-refractivity contribution is 5.79. The molecule has 0 bridgehead atoms. The Kier molecular flexibility index (Phi) is 4.15. The van der Waals surface area contributed by atoms with Gasteiger partial charge in [-0.1, -0.05) is 0 Å². The molecule has 1 N–H and O–H groups in total. The van der Waals surface area contributed by atoms with Crippen molar-refractivity contribution in [1.29, 1.82) is 0 Å². The second-order valence-electron chi connectivity index (χ2n) is 2.92. The molecule has 0 aliphatic heterocycles.